The lowest BCUT2D eigenvalue weighted by molar-refractivity contribution is 0.628. The van der Waals surface area contributed by atoms with E-state index in [2.05, 4.69) is 4.98 Å². The lowest BCUT2D eigenvalue weighted by atomic mass is 10.1. The molecule has 5 rings (SSSR count). The largest absolute Gasteiger partial charge is 0.245 e. The van der Waals surface area contributed by atoms with E-state index < -0.39 is 0 Å². The molecule has 4 aromatic rings. The molecule has 1 fully saturated rings. The molecule has 0 radical (unpaired) electrons. The van der Waals surface area contributed by atoms with Crippen LogP contribution in [0.3, 0.4) is 0 Å². The Labute approximate surface area is 135 Å². The number of rotatable bonds is 2. The van der Waals surface area contributed by atoms with Gasteiger partial charge in [-0.15, -0.1) is 11.3 Å². The fraction of sp³-hybridized carbons (Fsp3) is 0.167. The van der Waals surface area contributed by atoms with Crippen LogP contribution in [0.5, 0.6) is 0 Å². The van der Waals surface area contributed by atoms with Crippen LogP contribution < -0.4 is 0 Å². The number of fused-ring (bicyclic) bond motifs is 3. The Kier molecular flexibility index (Phi) is 2.73. The quantitative estimate of drug-likeness (QED) is 0.526. The van der Waals surface area contributed by atoms with Gasteiger partial charge in [-0.2, -0.15) is 0 Å². The summed E-state index contributed by atoms with van der Waals surface area (Å²) < 4.78 is 14.7. The van der Waals surface area contributed by atoms with Crippen molar-refractivity contribution in [2.75, 3.05) is 0 Å². The molecule has 0 aliphatic heterocycles. The molecule has 112 valence electrons. The van der Waals surface area contributed by atoms with Gasteiger partial charge in [0, 0.05) is 23.1 Å². The van der Waals surface area contributed by atoms with E-state index in [0.29, 0.717) is 11.7 Å². The molecule has 1 saturated carbocycles. The van der Waals surface area contributed by atoms with Crippen LogP contribution in [0.1, 0.15) is 24.5 Å². The van der Waals surface area contributed by atoms with E-state index in [1.165, 1.54) is 12.1 Å². The first-order valence-corrected chi connectivity index (χ1v) is 8.42. The molecule has 3 heterocycles. The van der Waals surface area contributed by atoms with E-state index in [0.717, 1.165) is 44.5 Å². The van der Waals surface area contributed by atoms with Crippen LogP contribution in [0.2, 0.25) is 0 Å². The van der Waals surface area contributed by atoms with Crippen molar-refractivity contribution in [1.29, 1.82) is 0 Å². The molecule has 0 bridgehead atoms. The van der Waals surface area contributed by atoms with Gasteiger partial charge in [0.05, 0.1) is 15.9 Å². The van der Waals surface area contributed by atoms with Crippen molar-refractivity contribution < 1.29 is 4.39 Å². The summed E-state index contributed by atoms with van der Waals surface area (Å²) in [6, 6.07) is 10.4. The Morgan fingerprint density at radius 1 is 1.09 bits per heavy atom. The summed E-state index contributed by atoms with van der Waals surface area (Å²) >= 11 is 1.65. The van der Waals surface area contributed by atoms with Gasteiger partial charge in [-0.25, -0.2) is 19.3 Å². The Hall–Kier alpha value is -2.40. The first-order valence-electron chi connectivity index (χ1n) is 7.61. The van der Waals surface area contributed by atoms with Gasteiger partial charge in [-0.05, 0) is 37.1 Å². The molecule has 0 N–H and O–H groups in total. The maximum Gasteiger partial charge on any atom is 0.160 e. The van der Waals surface area contributed by atoms with E-state index in [4.69, 9.17) is 9.97 Å². The van der Waals surface area contributed by atoms with Gasteiger partial charge in [-0.1, -0.05) is 12.1 Å². The van der Waals surface area contributed by atoms with Crippen LogP contribution >= 0.6 is 11.3 Å². The molecular formula is C18H12FN3S. The Morgan fingerprint density at radius 2 is 2.00 bits per heavy atom. The van der Waals surface area contributed by atoms with Crippen molar-refractivity contribution in [3.63, 3.8) is 0 Å². The van der Waals surface area contributed by atoms with E-state index in [-0.39, 0.29) is 5.82 Å². The van der Waals surface area contributed by atoms with Crippen molar-refractivity contribution in [3.8, 4) is 11.4 Å². The lowest BCUT2D eigenvalue weighted by Gasteiger charge is -2.05. The number of hydrogen-bond donors (Lipinski definition) is 0. The number of pyridine rings is 1. The minimum Gasteiger partial charge on any atom is -0.245 e. The van der Waals surface area contributed by atoms with Gasteiger partial charge >= 0.3 is 0 Å². The molecule has 0 saturated heterocycles. The standard InChI is InChI=1S/C18H12FN3S/c19-12-4-1-3-11(9-12)17-21-14(10-6-7-10)16-15(22-17)13-5-2-8-20-18(13)23-16/h1-5,8-10H,6-7H2. The van der Waals surface area contributed by atoms with Gasteiger partial charge < -0.3 is 0 Å². The summed E-state index contributed by atoms with van der Waals surface area (Å²) in [7, 11) is 0. The molecule has 0 spiro atoms. The first kappa shape index (κ1) is 13.1. The summed E-state index contributed by atoms with van der Waals surface area (Å²) in [5.41, 5.74) is 2.75. The second-order valence-corrected chi connectivity index (χ2v) is 6.85. The molecule has 3 aromatic heterocycles. The monoisotopic (exact) mass is 321 g/mol. The Bertz CT molecular complexity index is 1050. The predicted octanol–water partition coefficient (Wildman–Crippen LogP) is 4.92. The average molecular weight is 321 g/mol. The molecule has 1 aliphatic rings. The fourth-order valence-corrected chi connectivity index (χ4v) is 4.04. The highest BCUT2D eigenvalue weighted by molar-refractivity contribution is 7.25. The number of thiophene rings is 1. The van der Waals surface area contributed by atoms with Gasteiger partial charge in [0.1, 0.15) is 10.6 Å². The summed E-state index contributed by atoms with van der Waals surface area (Å²) in [5.74, 6) is 0.833. The third-order valence-corrected chi connectivity index (χ3v) is 5.29. The average Bonchev–Trinajstić information content (AvgIpc) is 3.34. The predicted molar refractivity (Wildman–Crippen MR) is 90.1 cm³/mol. The molecule has 0 atom stereocenters. The molecule has 1 aromatic carbocycles. The van der Waals surface area contributed by atoms with Crippen molar-refractivity contribution in [2.45, 2.75) is 18.8 Å². The highest BCUT2D eigenvalue weighted by Gasteiger charge is 2.29. The van der Waals surface area contributed by atoms with Crippen LogP contribution in [-0.2, 0) is 0 Å². The van der Waals surface area contributed by atoms with Crippen LogP contribution in [-0.4, -0.2) is 15.0 Å². The van der Waals surface area contributed by atoms with Crippen LogP contribution in [0.4, 0.5) is 4.39 Å². The molecule has 23 heavy (non-hydrogen) atoms. The van der Waals surface area contributed by atoms with Gasteiger partial charge in [0.25, 0.3) is 0 Å². The maximum atomic E-state index is 13.6. The van der Waals surface area contributed by atoms with Crippen molar-refractivity contribution in [2.24, 2.45) is 0 Å². The van der Waals surface area contributed by atoms with E-state index in [1.807, 2.05) is 18.2 Å². The smallest absolute Gasteiger partial charge is 0.160 e. The molecule has 1 aliphatic carbocycles. The van der Waals surface area contributed by atoms with Gasteiger partial charge in [0.15, 0.2) is 5.82 Å². The SMILES string of the molecule is Fc1cccc(-c2nc(C3CC3)c3sc4ncccc4c3n2)c1. The van der Waals surface area contributed by atoms with Crippen LogP contribution in [0.15, 0.2) is 42.6 Å². The van der Waals surface area contributed by atoms with E-state index in [9.17, 15) is 4.39 Å². The molecular weight excluding hydrogens is 309 g/mol. The first-order chi connectivity index (χ1) is 11.3. The Balaban J connectivity index is 1.85. The van der Waals surface area contributed by atoms with Crippen molar-refractivity contribution in [3.05, 3.63) is 54.1 Å². The zero-order valence-electron chi connectivity index (χ0n) is 12.2. The summed E-state index contributed by atoms with van der Waals surface area (Å²) in [5, 5.41) is 1.05. The molecule has 3 nitrogen and oxygen atoms in total. The molecule has 0 unspecified atom stereocenters. The van der Waals surface area contributed by atoms with Gasteiger partial charge in [-0.3, -0.25) is 0 Å². The third kappa shape index (κ3) is 2.11. The van der Waals surface area contributed by atoms with Crippen molar-refractivity contribution in [1.82, 2.24) is 15.0 Å². The summed E-state index contributed by atoms with van der Waals surface area (Å²) in [4.78, 5) is 14.9. The van der Waals surface area contributed by atoms with E-state index >= 15 is 0 Å². The number of halogens is 1. The molecule has 0 amide bonds. The topological polar surface area (TPSA) is 38.7 Å². The summed E-state index contributed by atoms with van der Waals surface area (Å²) in [6.45, 7) is 0. The highest BCUT2D eigenvalue weighted by atomic mass is 32.1. The normalized spacial score (nSPS) is 14.7. The minimum atomic E-state index is -0.268. The van der Waals surface area contributed by atoms with E-state index in [1.54, 1.807) is 23.6 Å². The Morgan fingerprint density at radius 3 is 2.83 bits per heavy atom. The molecule has 5 heteroatoms. The second kappa shape index (κ2) is 4.80. The number of aromatic nitrogens is 3. The van der Waals surface area contributed by atoms with Crippen molar-refractivity contribution >= 4 is 31.8 Å². The highest BCUT2D eigenvalue weighted by Crippen LogP contribution is 2.45. The number of nitrogens with zero attached hydrogens (tertiary/aromatic N) is 3. The number of benzene rings is 1. The zero-order valence-corrected chi connectivity index (χ0v) is 13.0. The minimum absolute atomic E-state index is 0.268. The third-order valence-electron chi connectivity index (χ3n) is 4.16. The van der Waals surface area contributed by atoms with Crippen LogP contribution in [0, 0.1) is 5.82 Å². The second-order valence-electron chi connectivity index (χ2n) is 5.85. The fourth-order valence-electron chi connectivity index (χ4n) is 2.89. The van der Waals surface area contributed by atoms with Gasteiger partial charge in [0.2, 0.25) is 0 Å². The number of hydrogen-bond acceptors (Lipinski definition) is 4. The van der Waals surface area contributed by atoms with Crippen LogP contribution in [0.25, 0.3) is 31.8 Å². The maximum absolute atomic E-state index is 13.6. The lowest BCUT2D eigenvalue weighted by Crippen LogP contribution is -1.95. The summed E-state index contributed by atoms with van der Waals surface area (Å²) in [6.07, 6.45) is 4.13. The zero-order chi connectivity index (χ0) is 15.4.